The molecule has 0 heterocycles. The Morgan fingerprint density at radius 3 is 1.83 bits per heavy atom. The molecule has 0 saturated carbocycles. The first-order valence-electron chi connectivity index (χ1n) is 11.6. The predicted octanol–water partition coefficient (Wildman–Crippen LogP) is 8.06. The van der Waals surface area contributed by atoms with Crippen LogP contribution in [0.5, 0.6) is 5.75 Å². The Labute approximate surface area is 217 Å². The van der Waals surface area contributed by atoms with Crippen LogP contribution in [0.3, 0.4) is 0 Å². The van der Waals surface area contributed by atoms with Crippen molar-refractivity contribution in [3.63, 3.8) is 0 Å². The van der Waals surface area contributed by atoms with Gasteiger partial charge >= 0.3 is 11.9 Å². The van der Waals surface area contributed by atoms with Crippen LogP contribution in [0.2, 0.25) is 0 Å². The first kappa shape index (κ1) is 26.8. The fraction of sp³-hybridized carbons (Fsp3) is 0.161. The maximum Gasteiger partial charge on any atom is 0.343 e. The number of hydrogen-bond donors (Lipinski definition) is 0. The van der Waals surface area contributed by atoms with Crippen LogP contribution in [-0.2, 0) is 4.74 Å². The van der Waals surface area contributed by atoms with Crippen molar-refractivity contribution in [2.75, 3.05) is 0 Å². The van der Waals surface area contributed by atoms with E-state index in [1.165, 1.54) is 11.8 Å². The first-order valence-corrected chi connectivity index (χ1v) is 12.4. The molecule has 0 aliphatic heterocycles. The Hall–Kier alpha value is -3.83. The molecule has 0 unspecified atom stereocenters. The van der Waals surface area contributed by atoms with Crippen molar-refractivity contribution in [2.24, 2.45) is 0 Å². The molecule has 0 saturated heterocycles. The maximum absolute atomic E-state index is 12.4. The largest absolute Gasteiger partial charge is 0.424 e. The number of carbonyl (C=O) groups is 2. The van der Waals surface area contributed by atoms with E-state index in [0.717, 1.165) is 32.1 Å². The van der Waals surface area contributed by atoms with Crippen molar-refractivity contribution in [1.82, 2.24) is 0 Å². The highest BCUT2D eigenvalue weighted by Crippen LogP contribution is 2.29. The average Bonchev–Trinajstić information content (AvgIpc) is 2.86. The van der Waals surface area contributed by atoms with E-state index in [2.05, 4.69) is 6.58 Å². The van der Waals surface area contributed by atoms with E-state index < -0.39 is 5.97 Å². The van der Waals surface area contributed by atoms with Crippen molar-refractivity contribution in [2.45, 2.75) is 39.5 Å². The fourth-order valence-electron chi connectivity index (χ4n) is 3.19. The molecule has 0 spiro atoms. The molecule has 0 radical (unpaired) electrons. The fourth-order valence-corrected chi connectivity index (χ4v) is 3.99. The molecule has 184 valence electrons. The van der Waals surface area contributed by atoms with Crippen molar-refractivity contribution < 1.29 is 19.1 Å². The van der Waals surface area contributed by atoms with Crippen LogP contribution >= 0.6 is 11.8 Å². The average molecular weight is 499 g/mol. The van der Waals surface area contributed by atoms with Gasteiger partial charge in [0.05, 0.1) is 11.1 Å². The maximum atomic E-state index is 12.4. The Kier molecular flexibility index (Phi) is 9.09. The van der Waals surface area contributed by atoms with Gasteiger partial charge in [-0.2, -0.15) is 0 Å². The van der Waals surface area contributed by atoms with Crippen LogP contribution in [-0.4, -0.2) is 11.9 Å². The third kappa shape index (κ3) is 7.33. The number of rotatable bonds is 8. The van der Waals surface area contributed by atoms with Gasteiger partial charge in [-0.25, -0.2) is 9.59 Å². The van der Waals surface area contributed by atoms with E-state index >= 15 is 0 Å². The van der Waals surface area contributed by atoms with Gasteiger partial charge in [0.1, 0.15) is 11.5 Å². The molecule has 3 rings (SSSR count). The number of benzene rings is 3. The number of allylic oxidation sites excluding steroid dienone is 3. The van der Waals surface area contributed by atoms with Gasteiger partial charge in [-0.3, -0.25) is 0 Å². The minimum atomic E-state index is -0.437. The summed E-state index contributed by atoms with van der Waals surface area (Å²) in [6.07, 6.45) is 5.46. The highest BCUT2D eigenvalue weighted by Gasteiger charge is 2.11. The first-order chi connectivity index (χ1) is 17.2. The third-order valence-corrected chi connectivity index (χ3v) is 6.81. The Morgan fingerprint density at radius 2 is 1.31 bits per heavy atom. The quantitative estimate of drug-likeness (QED) is 0.103. The molecular weight excluding hydrogens is 468 g/mol. The van der Waals surface area contributed by atoms with Crippen molar-refractivity contribution >= 4 is 23.7 Å². The Bertz CT molecular complexity index is 1350. The molecule has 5 heteroatoms. The molecule has 36 heavy (non-hydrogen) atoms. The molecule has 0 fully saturated rings. The standard InChI is InChI=1S/C31H30O4S/c1-7-28(15-10-24(6)34-30(32)25-11-8-20(2)22(4)18-25)36-29-16-13-27(14-17-29)35-31(33)26-12-9-21(3)23(5)19-26/h7-19H,6H2,1-5H3/b15-10-,28-7+. The lowest BCUT2D eigenvalue weighted by Gasteiger charge is -2.08. The highest BCUT2D eigenvalue weighted by atomic mass is 32.2. The van der Waals surface area contributed by atoms with Gasteiger partial charge in [0.15, 0.2) is 0 Å². The summed E-state index contributed by atoms with van der Waals surface area (Å²) >= 11 is 1.53. The molecule has 3 aromatic rings. The Balaban J connectivity index is 1.56. The lowest BCUT2D eigenvalue weighted by molar-refractivity contribution is 0.0637. The number of hydrogen-bond acceptors (Lipinski definition) is 5. The van der Waals surface area contributed by atoms with Crippen LogP contribution in [0, 0.1) is 27.7 Å². The van der Waals surface area contributed by atoms with Gasteiger partial charge in [0, 0.05) is 9.80 Å². The van der Waals surface area contributed by atoms with E-state index in [1.54, 1.807) is 30.3 Å². The summed E-state index contributed by atoms with van der Waals surface area (Å²) in [4.78, 5) is 26.7. The van der Waals surface area contributed by atoms with Gasteiger partial charge in [0.25, 0.3) is 0 Å². The summed E-state index contributed by atoms with van der Waals surface area (Å²) in [7, 11) is 0. The monoisotopic (exact) mass is 498 g/mol. The minimum absolute atomic E-state index is 0.256. The SMILES string of the molecule is C=C(/C=C\C(=C/C)Sc1ccc(OC(=O)c2ccc(C)c(C)c2)cc1)OC(=O)c1ccc(C)c(C)c1. The lowest BCUT2D eigenvalue weighted by atomic mass is 10.1. The zero-order valence-corrected chi connectivity index (χ0v) is 22.1. The van der Waals surface area contributed by atoms with Crippen molar-refractivity contribution in [1.29, 1.82) is 0 Å². The second-order valence-corrected chi connectivity index (χ2v) is 9.59. The van der Waals surface area contributed by atoms with E-state index in [0.29, 0.717) is 16.9 Å². The molecule has 0 atom stereocenters. The summed E-state index contributed by atoms with van der Waals surface area (Å²) in [5.74, 6) is -0.0867. The van der Waals surface area contributed by atoms with Gasteiger partial charge < -0.3 is 9.47 Å². The van der Waals surface area contributed by atoms with Crippen LogP contribution in [0.15, 0.2) is 101 Å². The number of ether oxygens (including phenoxy) is 2. The number of aryl methyl sites for hydroxylation is 4. The summed E-state index contributed by atoms with van der Waals surface area (Å²) in [6, 6.07) is 18.3. The van der Waals surface area contributed by atoms with Crippen LogP contribution in [0.4, 0.5) is 0 Å². The van der Waals surface area contributed by atoms with Gasteiger partial charge in [0.2, 0.25) is 0 Å². The third-order valence-electron chi connectivity index (χ3n) is 5.70. The van der Waals surface area contributed by atoms with Crippen LogP contribution in [0.25, 0.3) is 0 Å². The molecule has 4 nitrogen and oxygen atoms in total. The van der Waals surface area contributed by atoms with Gasteiger partial charge in [-0.15, -0.1) is 0 Å². The molecule has 0 bridgehead atoms. The second kappa shape index (κ2) is 12.2. The topological polar surface area (TPSA) is 52.6 Å². The lowest BCUT2D eigenvalue weighted by Crippen LogP contribution is -2.08. The molecule has 0 aliphatic rings. The zero-order valence-electron chi connectivity index (χ0n) is 21.3. The molecule has 0 aromatic heterocycles. The van der Waals surface area contributed by atoms with Crippen LogP contribution < -0.4 is 4.74 Å². The molecule has 0 N–H and O–H groups in total. The van der Waals surface area contributed by atoms with E-state index in [4.69, 9.17) is 9.47 Å². The highest BCUT2D eigenvalue weighted by molar-refractivity contribution is 8.03. The van der Waals surface area contributed by atoms with E-state index in [9.17, 15) is 9.59 Å². The molecule has 0 amide bonds. The van der Waals surface area contributed by atoms with Crippen molar-refractivity contribution in [3.05, 3.63) is 130 Å². The van der Waals surface area contributed by atoms with E-state index in [-0.39, 0.29) is 11.7 Å². The van der Waals surface area contributed by atoms with Gasteiger partial charge in [-0.1, -0.05) is 36.5 Å². The van der Waals surface area contributed by atoms with Crippen molar-refractivity contribution in [3.8, 4) is 5.75 Å². The number of carbonyl (C=O) groups excluding carboxylic acids is 2. The molecular formula is C31H30O4S. The predicted molar refractivity (Wildman–Crippen MR) is 147 cm³/mol. The summed E-state index contributed by atoms with van der Waals surface area (Å²) in [5, 5.41) is 0. The number of esters is 2. The van der Waals surface area contributed by atoms with Crippen LogP contribution in [0.1, 0.15) is 49.9 Å². The minimum Gasteiger partial charge on any atom is -0.424 e. The number of thioether (sulfide) groups is 1. The normalized spacial score (nSPS) is 11.4. The second-order valence-electron chi connectivity index (χ2n) is 8.44. The summed E-state index contributed by atoms with van der Waals surface area (Å²) < 4.78 is 10.9. The molecule has 0 aliphatic carbocycles. The smallest absolute Gasteiger partial charge is 0.343 e. The van der Waals surface area contributed by atoms with Gasteiger partial charge in [-0.05, 0) is 118 Å². The zero-order chi connectivity index (χ0) is 26.2. The molecule has 3 aromatic carbocycles. The summed E-state index contributed by atoms with van der Waals surface area (Å²) in [5.41, 5.74) is 5.34. The van der Waals surface area contributed by atoms with E-state index in [1.807, 2.05) is 83.2 Å². The summed E-state index contributed by atoms with van der Waals surface area (Å²) in [6.45, 7) is 13.7. The Morgan fingerprint density at radius 1 is 0.750 bits per heavy atom.